The summed E-state index contributed by atoms with van der Waals surface area (Å²) in [6, 6.07) is 12.4. The molecular weight excluding hydrogens is 490 g/mol. The van der Waals surface area contributed by atoms with Crippen LogP contribution >= 0.6 is 0 Å². The molecular formula is C31H37N5O3. The number of carbonyl (C=O) groups is 2. The van der Waals surface area contributed by atoms with Gasteiger partial charge in [0.1, 0.15) is 11.5 Å². The first-order valence-electron chi connectivity index (χ1n) is 13.9. The van der Waals surface area contributed by atoms with Gasteiger partial charge >= 0.3 is 6.03 Å². The first-order valence-corrected chi connectivity index (χ1v) is 13.9. The number of rotatable bonds is 3. The summed E-state index contributed by atoms with van der Waals surface area (Å²) in [5.41, 5.74) is 6.81. The smallest absolute Gasteiger partial charge is 0.325 e. The van der Waals surface area contributed by atoms with E-state index in [1.807, 2.05) is 39.9 Å². The van der Waals surface area contributed by atoms with Gasteiger partial charge in [0.2, 0.25) is 0 Å². The minimum absolute atomic E-state index is 0.00809. The number of carbonyl (C=O) groups excluding carboxylic acids is 2. The standard InChI is InChI=1S/C31H37N5O3/c1-6-36-30(38)35-19-23-15-20(2)16-26(39-5)28(23)21(3)17-27(35)31(36)11-13-34(14-12-31)29(37)24-18-22-9-7-8-10-25(22)33(4)32-24/h7-10,15-17,21H,6,11-14,18-19H2,1-5H3. The van der Waals surface area contributed by atoms with E-state index in [0.717, 1.165) is 39.4 Å². The molecule has 1 unspecified atom stereocenters. The molecule has 8 heteroatoms. The number of nitrogens with zero attached hydrogens (tertiary/aromatic N) is 5. The van der Waals surface area contributed by atoms with E-state index in [2.05, 4.69) is 50.1 Å². The molecule has 3 amide bonds. The van der Waals surface area contributed by atoms with Crippen LogP contribution in [0.5, 0.6) is 5.75 Å². The summed E-state index contributed by atoms with van der Waals surface area (Å²) in [5, 5.41) is 6.43. The Balaban J connectivity index is 1.28. The minimum Gasteiger partial charge on any atom is -0.496 e. The Labute approximate surface area is 230 Å². The average molecular weight is 528 g/mol. The van der Waals surface area contributed by atoms with Crippen molar-refractivity contribution in [3.8, 4) is 5.75 Å². The molecule has 0 bridgehead atoms. The number of fused-ring (bicyclic) bond motifs is 4. The lowest BCUT2D eigenvalue weighted by Crippen LogP contribution is -2.55. The zero-order valence-electron chi connectivity index (χ0n) is 23.5. The molecule has 2 fully saturated rings. The molecule has 0 radical (unpaired) electrons. The van der Waals surface area contributed by atoms with E-state index in [0.29, 0.717) is 51.2 Å². The molecule has 39 heavy (non-hydrogen) atoms. The fraction of sp³-hybridized carbons (Fsp3) is 0.452. The summed E-state index contributed by atoms with van der Waals surface area (Å²) in [7, 11) is 3.61. The minimum atomic E-state index is -0.418. The molecule has 1 atom stereocenters. The summed E-state index contributed by atoms with van der Waals surface area (Å²) in [4.78, 5) is 33.4. The molecule has 4 aliphatic rings. The quantitative estimate of drug-likeness (QED) is 0.582. The number of aryl methyl sites for hydroxylation is 1. The summed E-state index contributed by atoms with van der Waals surface area (Å²) in [5.74, 6) is 0.972. The number of hydrazone groups is 1. The third-order valence-electron chi connectivity index (χ3n) is 8.94. The number of hydrogen-bond acceptors (Lipinski definition) is 5. The number of allylic oxidation sites excluding steroid dienone is 1. The van der Waals surface area contributed by atoms with E-state index < -0.39 is 5.54 Å². The Morgan fingerprint density at radius 3 is 2.62 bits per heavy atom. The summed E-state index contributed by atoms with van der Waals surface area (Å²) >= 11 is 0. The predicted molar refractivity (Wildman–Crippen MR) is 152 cm³/mol. The molecule has 1 spiro atoms. The van der Waals surface area contributed by atoms with Crippen LogP contribution in [0.2, 0.25) is 0 Å². The second-order valence-electron chi connectivity index (χ2n) is 11.2. The van der Waals surface area contributed by atoms with Crippen molar-refractivity contribution in [1.82, 2.24) is 14.7 Å². The van der Waals surface area contributed by atoms with Crippen LogP contribution in [0, 0.1) is 6.92 Å². The van der Waals surface area contributed by atoms with Gasteiger partial charge in [-0.1, -0.05) is 37.3 Å². The number of para-hydroxylation sites is 1. The third-order valence-corrected chi connectivity index (χ3v) is 8.94. The number of hydrogen-bond donors (Lipinski definition) is 0. The first kappa shape index (κ1) is 25.5. The van der Waals surface area contributed by atoms with Crippen molar-refractivity contribution in [2.75, 3.05) is 38.8 Å². The molecule has 2 aromatic carbocycles. The second-order valence-corrected chi connectivity index (χ2v) is 11.2. The topological polar surface area (TPSA) is 68.7 Å². The SMILES string of the molecule is CCN1C(=O)N2Cc3cc(C)cc(OC)c3C(C)C=C2C12CCN(C(=O)C1=NN(C)c3ccccc3C1)CC2. The van der Waals surface area contributed by atoms with Gasteiger partial charge in [-0.25, -0.2) is 4.79 Å². The molecule has 4 heterocycles. The fourth-order valence-electron chi connectivity index (χ4n) is 7.13. The number of methoxy groups -OCH3 is 1. The Kier molecular flexibility index (Phi) is 6.16. The van der Waals surface area contributed by atoms with Gasteiger partial charge in [0, 0.05) is 50.3 Å². The van der Waals surface area contributed by atoms with E-state index in [4.69, 9.17) is 4.74 Å². The van der Waals surface area contributed by atoms with Crippen molar-refractivity contribution in [3.63, 3.8) is 0 Å². The average Bonchev–Trinajstić information content (AvgIpc) is 3.03. The molecule has 204 valence electrons. The van der Waals surface area contributed by atoms with Gasteiger partial charge in [-0.2, -0.15) is 5.10 Å². The van der Waals surface area contributed by atoms with E-state index in [9.17, 15) is 9.59 Å². The monoisotopic (exact) mass is 527 g/mol. The van der Waals surface area contributed by atoms with Crippen LogP contribution in [0.3, 0.4) is 0 Å². The molecule has 0 N–H and O–H groups in total. The van der Waals surface area contributed by atoms with Gasteiger partial charge in [-0.05, 0) is 55.5 Å². The molecule has 6 rings (SSSR count). The van der Waals surface area contributed by atoms with E-state index in [1.165, 1.54) is 0 Å². The predicted octanol–water partition coefficient (Wildman–Crippen LogP) is 4.67. The van der Waals surface area contributed by atoms with E-state index >= 15 is 0 Å². The van der Waals surface area contributed by atoms with Crippen LogP contribution in [-0.2, 0) is 17.8 Å². The van der Waals surface area contributed by atoms with Crippen LogP contribution in [0.1, 0.15) is 54.9 Å². The Hall–Kier alpha value is -3.81. The number of likely N-dealkylation sites (tertiary alicyclic amines) is 1. The van der Waals surface area contributed by atoms with Crippen molar-refractivity contribution in [3.05, 3.63) is 70.4 Å². The number of piperidine rings is 1. The summed E-state index contributed by atoms with van der Waals surface area (Å²) < 4.78 is 5.77. The van der Waals surface area contributed by atoms with Gasteiger partial charge in [0.15, 0.2) is 0 Å². The van der Waals surface area contributed by atoms with Crippen molar-refractivity contribution in [2.24, 2.45) is 5.10 Å². The Morgan fingerprint density at radius 2 is 1.90 bits per heavy atom. The normalized spacial score (nSPS) is 21.7. The Bertz CT molecular complexity index is 1400. The zero-order valence-corrected chi connectivity index (χ0v) is 23.5. The number of anilines is 1. The number of ether oxygens (including phenoxy) is 1. The highest BCUT2D eigenvalue weighted by Crippen LogP contribution is 2.48. The lowest BCUT2D eigenvalue weighted by Gasteiger charge is -2.44. The van der Waals surface area contributed by atoms with Crippen LogP contribution in [0.4, 0.5) is 10.5 Å². The van der Waals surface area contributed by atoms with Gasteiger partial charge in [0.05, 0.1) is 24.9 Å². The van der Waals surface area contributed by atoms with Crippen molar-refractivity contribution in [1.29, 1.82) is 0 Å². The third kappa shape index (κ3) is 3.91. The van der Waals surface area contributed by atoms with Crippen molar-refractivity contribution >= 4 is 23.3 Å². The number of likely N-dealkylation sites (N-methyl/N-ethyl adjacent to an activating group) is 1. The maximum Gasteiger partial charge on any atom is 0.325 e. The Morgan fingerprint density at radius 1 is 1.15 bits per heavy atom. The van der Waals surface area contributed by atoms with Gasteiger partial charge < -0.3 is 14.5 Å². The number of amides is 3. The number of benzene rings is 2. The maximum atomic E-state index is 13.8. The molecule has 2 aromatic rings. The summed E-state index contributed by atoms with van der Waals surface area (Å²) in [6.07, 6.45) is 4.22. The lowest BCUT2D eigenvalue weighted by atomic mass is 9.81. The van der Waals surface area contributed by atoms with Gasteiger partial charge in [0.25, 0.3) is 5.91 Å². The van der Waals surface area contributed by atoms with Crippen LogP contribution in [0.25, 0.3) is 0 Å². The molecule has 8 nitrogen and oxygen atoms in total. The van der Waals surface area contributed by atoms with Crippen molar-refractivity contribution in [2.45, 2.75) is 58.0 Å². The van der Waals surface area contributed by atoms with Crippen LogP contribution < -0.4 is 9.75 Å². The van der Waals surface area contributed by atoms with Crippen LogP contribution in [-0.4, -0.2) is 71.7 Å². The molecule has 2 saturated heterocycles. The second kappa shape index (κ2) is 9.43. The van der Waals surface area contributed by atoms with E-state index in [-0.39, 0.29) is 17.9 Å². The highest BCUT2D eigenvalue weighted by molar-refractivity contribution is 6.39. The maximum absolute atomic E-state index is 13.8. The highest BCUT2D eigenvalue weighted by Gasteiger charge is 2.55. The van der Waals surface area contributed by atoms with Gasteiger partial charge in [-0.3, -0.25) is 14.7 Å². The highest BCUT2D eigenvalue weighted by atomic mass is 16.5. The molecule has 0 aromatic heterocycles. The lowest BCUT2D eigenvalue weighted by molar-refractivity contribution is -0.126. The zero-order chi connectivity index (χ0) is 27.5. The van der Waals surface area contributed by atoms with E-state index in [1.54, 1.807) is 12.1 Å². The molecule has 4 aliphatic heterocycles. The fourth-order valence-corrected chi connectivity index (χ4v) is 7.13. The first-order chi connectivity index (χ1) is 18.8. The number of urea groups is 1. The molecule has 0 saturated carbocycles. The van der Waals surface area contributed by atoms with Crippen LogP contribution in [0.15, 0.2) is 53.3 Å². The summed E-state index contributed by atoms with van der Waals surface area (Å²) in [6.45, 7) is 8.65. The van der Waals surface area contributed by atoms with Crippen molar-refractivity contribution < 1.29 is 14.3 Å². The largest absolute Gasteiger partial charge is 0.496 e. The van der Waals surface area contributed by atoms with Gasteiger partial charge in [-0.15, -0.1) is 0 Å². The molecule has 0 aliphatic carbocycles.